The second-order valence-corrected chi connectivity index (χ2v) is 10.3. The standard InChI is InChI=1S/C19H31FN3O6P/c1-11(2)28-17(25)13(4)22-30(7,26)27-10-15-12(3)19(6,20)18(29-15)23-9-8-16(24)21-14(23)5/h8-9,11-13,15,18H,5,10H2,1-4,6-7H3,(H,21,24)(H,22,26)/t12-,13+,15-,18-,19-,30+/m1/s1. The first kappa shape index (κ1) is 24.5. The lowest BCUT2D eigenvalue weighted by atomic mass is 9.89. The molecule has 0 bridgehead atoms. The summed E-state index contributed by atoms with van der Waals surface area (Å²) in [6, 6.07) is -0.838. The normalized spacial score (nSPS) is 32.1. The molecular formula is C19H31FN3O6P. The van der Waals surface area contributed by atoms with Crippen molar-refractivity contribution in [3.05, 3.63) is 24.7 Å². The number of nitrogens with zero attached hydrogens (tertiary/aromatic N) is 1. The third-order valence-electron chi connectivity index (χ3n) is 5.07. The van der Waals surface area contributed by atoms with E-state index in [0.29, 0.717) is 0 Å². The van der Waals surface area contributed by atoms with E-state index >= 15 is 4.39 Å². The predicted octanol–water partition coefficient (Wildman–Crippen LogP) is 2.26. The summed E-state index contributed by atoms with van der Waals surface area (Å²) in [6.07, 6.45) is 0.610. The second-order valence-electron chi connectivity index (χ2n) is 8.10. The largest absolute Gasteiger partial charge is 0.462 e. The number of ether oxygens (including phenoxy) is 2. The molecule has 0 unspecified atom stereocenters. The summed E-state index contributed by atoms with van der Waals surface area (Å²) >= 11 is 0. The molecule has 0 aromatic rings. The van der Waals surface area contributed by atoms with Crippen LogP contribution in [0.5, 0.6) is 0 Å². The molecule has 0 aromatic carbocycles. The first-order valence-corrected chi connectivity index (χ1v) is 11.8. The number of carbonyl (C=O) groups is 2. The molecule has 1 saturated heterocycles. The van der Waals surface area contributed by atoms with Gasteiger partial charge in [0.05, 0.1) is 18.8 Å². The summed E-state index contributed by atoms with van der Waals surface area (Å²) in [7, 11) is -3.39. The third-order valence-corrected chi connectivity index (χ3v) is 6.57. The molecule has 30 heavy (non-hydrogen) atoms. The van der Waals surface area contributed by atoms with Crippen molar-refractivity contribution in [3.63, 3.8) is 0 Å². The van der Waals surface area contributed by atoms with E-state index in [1.807, 2.05) is 0 Å². The number of carbonyl (C=O) groups excluding carboxylic acids is 2. The van der Waals surface area contributed by atoms with Gasteiger partial charge in [0.25, 0.3) is 13.4 Å². The number of hydrogen-bond acceptors (Lipinski definition) is 7. The number of nitrogens with one attached hydrogen (secondary N) is 2. The van der Waals surface area contributed by atoms with Crippen LogP contribution in [0.3, 0.4) is 0 Å². The van der Waals surface area contributed by atoms with Crippen molar-refractivity contribution in [2.75, 3.05) is 13.3 Å². The van der Waals surface area contributed by atoms with Crippen LogP contribution in [0.15, 0.2) is 24.7 Å². The molecule has 2 heterocycles. The Morgan fingerprint density at radius 2 is 2.13 bits per heavy atom. The van der Waals surface area contributed by atoms with Gasteiger partial charge in [0.2, 0.25) is 0 Å². The molecule has 2 aliphatic rings. The van der Waals surface area contributed by atoms with Crippen LogP contribution in [0, 0.1) is 5.92 Å². The Labute approximate surface area is 176 Å². The number of rotatable bonds is 8. The van der Waals surface area contributed by atoms with Crippen molar-refractivity contribution in [2.45, 2.75) is 64.8 Å². The highest BCUT2D eigenvalue weighted by Gasteiger charge is 2.55. The maximum absolute atomic E-state index is 15.5. The van der Waals surface area contributed by atoms with Crippen LogP contribution in [-0.2, 0) is 28.2 Å². The molecule has 0 saturated carbocycles. The van der Waals surface area contributed by atoms with E-state index in [0.717, 1.165) is 0 Å². The zero-order valence-electron chi connectivity index (χ0n) is 18.2. The Balaban J connectivity index is 2.01. The van der Waals surface area contributed by atoms with Crippen molar-refractivity contribution >= 4 is 19.4 Å². The lowest BCUT2D eigenvalue weighted by molar-refractivity contribution is -0.149. The summed E-state index contributed by atoms with van der Waals surface area (Å²) < 4.78 is 44.6. The van der Waals surface area contributed by atoms with Crippen LogP contribution >= 0.6 is 7.52 Å². The minimum atomic E-state index is -3.39. The molecule has 9 nitrogen and oxygen atoms in total. The Morgan fingerprint density at radius 3 is 2.70 bits per heavy atom. The molecular weight excluding hydrogens is 416 g/mol. The van der Waals surface area contributed by atoms with Gasteiger partial charge in [-0.1, -0.05) is 13.5 Å². The maximum atomic E-state index is 15.5. The number of halogens is 1. The topological polar surface area (TPSA) is 106 Å². The van der Waals surface area contributed by atoms with Gasteiger partial charge in [-0.25, -0.2) is 9.48 Å². The average molecular weight is 447 g/mol. The van der Waals surface area contributed by atoms with Crippen LogP contribution in [0.1, 0.15) is 34.6 Å². The van der Waals surface area contributed by atoms with Gasteiger partial charge in [-0.2, -0.15) is 0 Å². The summed E-state index contributed by atoms with van der Waals surface area (Å²) in [6.45, 7) is 12.9. The minimum Gasteiger partial charge on any atom is -0.462 e. The van der Waals surface area contributed by atoms with Gasteiger partial charge >= 0.3 is 5.97 Å². The van der Waals surface area contributed by atoms with E-state index in [1.165, 1.54) is 37.7 Å². The quantitative estimate of drug-likeness (QED) is 0.431. The Morgan fingerprint density at radius 1 is 1.50 bits per heavy atom. The van der Waals surface area contributed by atoms with E-state index in [2.05, 4.69) is 17.0 Å². The highest BCUT2D eigenvalue weighted by atomic mass is 31.2. The van der Waals surface area contributed by atoms with E-state index < -0.39 is 43.4 Å². The molecule has 2 N–H and O–H groups in total. The lowest BCUT2D eigenvalue weighted by Crippen LogP contribution is -2.49. The zero-order chi connectivity index (χ0) is 22.9. The second kappa shape index (κ2) is 9.18. The van der Waals surface area contributed by atoms with Crippen LogP contribution in [0.2, 0.25) is 0 Å². The van der Waals surface area contributed by atoms with Gasteiger partial charge < -0.3 is 24.2 Å². The van der Waals surface area contributed by atoms with Gasteiger partial charge in [-0.15, -0.1) is 0 Å². The highest BCUT2D eigenvalue weighted by molar-refractivity contribution is 7.56. The lowest BCUT2D eigenvalue weighted by Gasteiger charge is -2.36. The Hall–Kier alpha value is -1.74. The van der Waals surface area contributed by atoms with Crippen LogP contribution < -0.4 is 10.4 Å². The van der Waals surface area contributed by atoms with Crippen molar-refractivity contribution < 1.29 is 32.5 Å². The van der Waals surface area contributed by atoms with E-state index in [4.69, 9.17) is 14.0 Å². The van der Waals surface area contributed by atoms with Crippen LogP contribution in [-0.4, -0.2) is 60.2 Å². The van der Waals surface area contributed by atoms with E-state index in [9.17, 15) is 14.2 Å². The summed E-state index contributed by atoms with van der Waals surface area (Å²) in [5.74, 6) is -1.31. The first-order chi connectivity index (χ1) is 13.7. The predicted molar refractivity (Wildman–Crippen MR) is 109 cm³/mol. The van der Waals surface area contributed by atoms with E-state index in [-0.39, 0.29) is 24.4 Å². The SMILES string of the molecule is C=C1NC(=O)C=CN1[C@@H]1O[C@H](CO[P@](C)(=O)N[C@@H](C)C(=O)OC(C)C)[C@@H](C)[C@@]1(C)F. The molecule has 0 radical (unpaired) electrons. The van der Waals surface area contributed by atoms with Gasteiger partial charge in [0.1, 0.15) is 11.9 Å². The maximum Gasteiger partial charge on any atom is 0.323 e. The first-order valence-electron chi connectivity index (χ1n) is 9.75. The van der Waals surface area contributed by atoms with Gasteiger partial charge in [-0.3, -0.25) is 14.2 Å². The van der Waals surface area contributed by atoms with Gasteiger partial charge in [-0.05, 0) is 27.7 Å². The molecule has 11 heteroatoms. The molecule has 2 aliphatic heterocycles. The smallest absolute Gasteiger partial charge is 0.323 e. The summed E-state index contributed by atoms with van der Waals surface area (Å²) in [5, 5.41) is 5.14. The minimum absolute atomic E-state index is 0.152. The Bertz CT molecular complexity index is 771. The fraction of sp³-hybridized carbons (Fsp3) is 0.684. The van der Waals surface area contributed by atoms with Crippen LogP contribution in [0.25, 0.3) is 0 Å². The van der Waals surface area contributed by atoms with Crippen molar-refractivity contribution in [1.29, 1.82) is 0 Å². The van der Waals surface area contributed by atoms with E-state index in [1.54, 1.807) is 20.8 Å². The number of alkyl halides is 1. The number of amides is 1. The molecule has 0 aromatic heterocycles. The Kier molecular flexibility index (Phi) is 7.50. The molecule has 170 valence electrons. The fourth-order valence-corrected chi connectivity index (χ4v) is 4.54. The van der Waals surface area contributed by atoms with Crippen molar-refractivity contribution in [2.24, 2.45) is 5.92 Å². The third kappa shape index (κ3) is 5.69. The van der Waals surface area contributed by atoms with Crippen LogP contribution in [0.4, 0.5) is 4.39 Å². The molecule has 2 rings (SSSR count). The highest BCUT2D eigenvalue weighted by Crippen LogP contribution is 2.45. The van der Waals surface area contributed by atoms with Gasteiger partial charge in [0.15, 0.2) is 11.9 Å². The van der Waals surface area contributed by atoms with Crippen molar-refractivity contribution in [3.8, 4) is 0 Å². The summed E-state index contributed by atoms with van der Waals surface area (Å²) in [4.78, 5) is 24.7. The monoisotopic (exact) mass is 447 g/mol. The molecule has 6 atom stereocenters. The molecule has 0 aliphatic carbocycles. The molecule has 1 fully saturated rings. The van der Waals surface area contributed by atoms with Crippen molar-refractivity contribution in [1.82, 2.24) is 15.3 Å². The number of esters is 1. The molecule has 1 amide bonds. The van der Waals surface area contributed by atoms with Gasteiger partial charge in [0, 0.05) is 24.9 Å². The molecule has 0 spiro atoms. The zero-order valence-corrected chi connectivity index (χ0v) is 19.1. The number of hydrogen-bond donors (Lipinski definition) is 2. The summed E-state index contributed by atoms with van der Waals surface area (Å²) in [5.41, 5.74) is -1.80. The average Bonchev–Trinajstić information content (AvgIpc) is 2.82. The fourth-order valence-electron chi connectivity index (χ4n) is 3.22.